The first kappa shape index (κ1) is 30.8. The zero-order valence-corrected chi connectivity index (χ0v) is 25.9. The molecule has 0 fully saturated rings. The lowest BCUT2D eigenvalue weighted by molar-refractivity contribution is -0.139. The Balaban J connectivity index is 1.97. The summed E-state index contributed by atoms with van der Waals surface area (Å²) in [4.78, 5) is 32.6. The van der Waals surface area contributed by atoms with Gasteiger partial charge in [-0.15, -0.1) is 6.58 Å². The van der Waals surface area contributed by atoms with Gasteiger partial charge in [-0.2, -0.15) is 0 Å². The average molecular weight is 591 g/mol. The van der Waals surface area contributed by atoms with E-state index in [2.05, 4.69) is 6.58 Å². The quantitative estimate of drug-likeness (QED) is 0.215. The highest BCUT2D eigenvalue weighted by Crippen LogP contribution is 2.37. The number of rotatable bonds is 12. The predicted octanol–water partition coefficient (Wildman–Crippen LogP) is 5.11. The molecule has 2 heterocycles. The Hall–Kier alpha value is -4.11. The largest absolute Gasteiger partial charge is 0.491 e. The SMILES string of the molecule is C=CCc1cc(C=c2sc3n(c2=O)C(c2ccccc2OC(C)C)C(C(=O)OCC)=C(C)N=3)cc(OCC)c1OCC. The van der Waals surface area contributed by atoms with Gasteiger partial charge in [-0.05, 0) is 77.8 Å². The highest BCUT2D eigenvalue weighted by Gasteiger charge is 2.35. The number of thiazole rings is 1. The first-order valence-corrected chi connectivity index (χ1v) is 15.0. The summed E-state index contributed by atoms with van der Waals surface area (Å²) in [5, 5.41) is 0. The minimum absolute atomic E-state index is 0.109. The van der Waals surface area contributed by atoms with Gasteiger partial charge in [0.25, 0.3) is 5.56 Å². The van der Waals surface area contributed by atoms with Crippen LogP contribution in [-0.4, -0.2) is 36.5 Å². The average Bonchev–Trinajstić information content (AvgIpc) is 3.24. The summed E-state index contributed by atoms with van der Waals surface area (Å²) in [6.07, 6.45) is 4.10. The van der Waals surface area contributed by atoms with Crippen molar-refractivity contribution in [2.75, 3.05) is 19.8 Å². The van der Waals surface area contributed by atoms with Crippen molar-refractivity contribution in [2.24, 2.45) is 4.99 Å². The van der Waals surface area contributed by atoms with Crippen LogP contribution in [0.4, 0.5) is 0 Å². The molecule has 1 aromatic heterocycles. The Morgan fingerprint density at radius 3 is 2.50 bits per heavy atom. The molecular formula is C33H38N2O6S. The number of nitrogens with zero attached hydrogens (tertiary/aromatic N) is 2. The highest BCUT2D eigenvalue weighted by molar-refractivity contribution is 7.07. The van der Waals surface area contributed by atoms with E-state index < -0.39 is 12.0 Å². The maximum atomic E-state index is 14.2. The fourth-order valence-corrected chi connectivity index (χ4v) is 6.00. The van der Waals surface area contributed by atoms with Gasteiger partial charge < -0.3 is 18.9 Å². The van der Waals surface area contributed by atoms with Crippen molar-refractivity contribution in [3.05, 3.63) is 96.7 Å². The molecule has 0 N–H and O–H groups in total. The van der Waals surface area contributed by atoms with E-state index in [1.807, 2.05) is 76.2 Å². The zero-order valence-electron chi connectivity index (χ0n) is 25.1. The molecule has 1 atom stereocenters. The molecule has 0 spiro atoms. The minimum atomic E-state index is -0.770. The molecule has 8 nitrogen and oxygen atoms in total. The maximum Gasteiger partial charge on any atom is 0.338 e. The molecule has 222 valence electrons. The molecule has 0 bridgehead atoms. The highest BCUT2D eigenvalue weighted by atomic mass is 32.1. The lowest BCUT2D eigenvalue weighted by Gasteiger charge is -2.26. The Bertz CT molecular complexity index is 1680. The first-order valence-electron chi connectivity index (χ1n) is 14.2. The van der Waals surface area contributed by atoms with Gasteiger partial charge in [-0.3, -0.25) is 9.36 Å². The molecule has 1 aliphatic heterocycles. The standard InChI is InChI=1S/C33H38N2O6S/c1-8-14-23-17-22(18-26(38-9-2)30(23)39-10-3)19-27-31(36)35-29(24-15-12-13-16-25(24)41-20(5)6)28(32(37)40-11-4)21(7)34-33(35)42-27/h8,12-13,15-20,29H,1,9-11,14H2,2-7H3. The third-order valence-electron chi connectivity index (χ3n) is 6.50. The molecular weight excluding hydrogens is 552 g/mol. The second kappa shape index (κ2) is 13.7. The second-order valence-electron chi connectivity index (χ2n) is 9.87. The van der Waals surface area contributed by atoms with Crippen molar-refractivity contribution in [2.45, 2.75) is 60.1 Å². The smallest absolute Gasteiger partial charge is 0.338 e. The Labute approximate surface area is 250 Å². The molecule has 42 heavy (non-hydrogen) atoms. The third kappa shape index (κ3) is 6.36. The Kier molecular flexibility index (Phi) is 10.1. The van der Waals surface area contributed by atoms with Crippen LogP contribution in [-0.2, 0) is 16.0 Å². The van der Waals surface area contributed by atoms with Crippen LogP contribution in [0.3, 0.4) is 0 Å². The van der Waals surface area contributed by atoms with Crippen LogP contribution in [0, 0.1) is 0 Å². The summed E-state index contributed by atoms with van der Waals surface area (Å²) in [6, 6.07) is 10.5. The van der Waals surface area contributed by atoms with Crippen molar-refractivity contribution in [1.29, 1.82) is 0 Å². The van der Waals surface area contributed by atoms with Crippen LogP contribution in [0.25, 0.3) is 6.08 Å². The second-order valence-corrected chi connectivity index (χ2v) is 10.9. The Morgan fingerprint density at radius 2 is 1.83 bits per heavy atom. The molecule has 0 aliphatic carbocycles. The number of ether oxygens (including phenoxy) is 4. The molecule has 2 aromatic carbocycles. The van der Waals surface area contributed by atoms with Crippen LogP contribution >= 0.6 is 11.3 Å². The molecule has 1 aliphatic rings. The molecule has 0 amide bonds. The van der Waals surface area contributed by atoms with E-state index in [0.717, 1.165) is 11.1 Å². The maximum absolute atomic E-state index is 14.2. The van der Waals surface area contributed by atoms with Crippen LogP contribution in [0.1, 0.15) is 64.3 Å². The number of fused-ring (bicyclic) bond motifs is 1. The predicted molar refractivity (Wildman–Crippen MR) is 165 cm³/mol. The van der Waals surface area contributed by atoms with Crippen LogP contribution in [0.15, 0.2) is 70.1 Å². The van der Waals surface area contributed by atoms with Gasteiger partial charge in [0.05, 0.1) is 41.7 Å². The fraction of sp³-hybridized carbons (Fsp3) is 0.364. The number of carbonyl (C=O) groups is 1. The van der Waals surface area contributed by atoms with E-state index in [-0.39, 0.29) is 18.3 Å². The number of benzene rings is 2. The van der Waals surface area contributed by atoms with Crippen molar-refractivity contribution < 1.29 is 23.7 Å². The molecule has 1 unspecified atom stereocenters. The normalized spacial score (nSPS) is 14.8. The summed E-state index contributed by atoms with van der Waals surface area (Å²) in [6.45, 7) is 16.3. The van der Waals surface area contributed by atoms with Crippen LogP contribution < -0.4 is 29.1 Å². The number of carbonyl (C=O) groups excluding carboxylic acids is 1. The zero-order chi connectivity index (χ0) is 30.4. The topological polar surface area (TPSA) is 88.4 Å². The van der Waals surface area contributed by atoms with Gasteiger partial charge in [-0.1, -0.05) is 35.6 Å². The van der Waals surface area contributed by atoms with E-state index in [9.17, 15) is 9.59 Å². The number of allylic oxidation sites excluding steroid dienone is 2. The number of para-hydroxylation sites is 1. The van der Waals surface area contributed by atoms with E-state index >= 15 is 0 Å². The fourth-order valence-electron chi connectivity index (χ4n) is 4.95. The number of hydrogen-bond donors (Lipinski definition) is 0. The number of aromatic nitrogens is 1. The third-order valence-corrected chi connectivity index (χ3v) is 7.48. The Morgan fingerprint density at radius 1 is 1.10 bits per heavy atom. The number of esters is 1. The van der Waals surface area contributed by atoms with Crippen LogP contribution in [0.5, 0.6) is 17.2 Å². The lowest BCUT2D eigenvalue weighted by Crippen LogP contribution is -2.40. The van der Waals surface area contributed by atoms with E-state index in [1.54, 1.807) is 18.4 Å². The van der Waals surface area contributed by atoms with Gasteiger partial charge in [0.1, 0.15) is 11.8 Å². The summed E-state index contributed by atoms with van der Waals surface area (Å²) >= 11 is 1.27. The van der Waals surface area contributed by atoms with Gasteiger partial charge in [0.15, 0.2) is 16.3 Å². The van der Waals surface area contributed by atoms with E-state index in [0.29, 0.717) is 63.1 Å². The van der Waals surface area contributed by atoms with Crippen LogP contribution in [0.2, 0.25) is 0 Å². The summed E-state index contributed by atoms with van der Waals surface area (Å²) in [5.74, 6) is 1.36. The van der Waals surface area contributed by atoms with Crippen molar-refractivity contribution in [1.82, 2.24) is 4.57 Å². The summed E-state index contributed by atoms with van der Waals surface area (Å²) < 4.78 is 25.4. The molecule has 0 saturated carbocycles. The molecule has 0 saturated heterocycles. The number of hydrogen-bond acceptors (Lipinski definition) is 8. The summed E-state index contributed by atoms with van der Waals surface area (Å²) in [5.41, 5.74) is 2.92. The molecule has 3 aromatic rings. The van der Waals surface area contributed by atoms with E-state index in [4.69, 9.17) is 23.9 Å². The van der Waals surface area contributed by atoms with Gasteiger partial charge in [0, 0.05) is 11.1 Å². The molecule has 9 heteroatoms. The van der Waals surface area contributed by atoms with E-state index in [1.165, 1.54) is 11.3 Å². The van der Waals surface area contributed by atoms with Crippen molar-refractivity contribution in [3.63, 3.8) is 0 Å². The summed E-state index contributed by atoms with van der Waals surface area (Å²) in [7, 11) is 0. The lowest BCUT2D eigenvalue weighted by atomic mass is 9.95. The van der Waals surface area contributed by atoms with Gasteiger partial charge in [0.2, 0.25) is 0 Å². The van der Waals surface area contributed by atoms with Crippen molar-refractivity contribution in [3.8, 4) is 17.2 Å². The monoisotopic (exact) mass is 590 g/mol. The minimum Gasteiger partial charge on any atom is -0.491 e. The van der Waals surface area contributed by atoms with Gasteiger partial charge >= 0.3 is 5.97 Å². The molecule has 4 rings (SSSR count). The van der Waals surface area contributed by atoms with Gasteiger partial charge in [-0.25, -0.2) is 9.79 Å². The van der Waals surface area contributed by atoms with Crippen molar-refractivity contribution >= 4 is 23.4 Å². The molecule has 0 radical (unpaired) electrons. The first-order chi connectivity index (χ1) is 20.2.